The van der Waals surface area contributed by atoms with Crippen LogP contribution in [-0.2, 0) is 4.79 Å². The summed E-state index contributed by atoms with van der Waals surface area (Å²) < 4.78 is 16.4. The van der Waals surface area contributed by atoms with E-state index in [0.717, 1.165) is 11.3 Å². The van der Waals surface area contributed by atoms with Gasteiger partial charge in [-0.1, -0.05) is 0 Å². The molecule has 4 rings (SSSR count). The largest absolute Gasteiger partial charge is 0.307 e. The Bertz CT molecular complexity index is 974. The second kappa shape index (κ2) is 5.59. The Morgan fingerprint density at radius 1 is 1.40 bits per heavy atom. The summed E-state index contributed by atoms with van der Waals surface area (Å²) in [6, 6.07) is 5.51. The highest BCUT2D eigenvalue weighted by Gasteiger charge is 2.45. The van der Waals surface area contributed by atoms with E-state index in [1.807, 2.05) is 24.5 Å². The molecule has 1 aliphatic heterocycles. The van der Waals surface area contributed by atoms with Gasteiger partial charge in [0.1, 0.15) is 5.65 Å². The lowest BCUT2D eigenvalue weighted by atomic mass is 10.1. The van der Waals surface area contributed by atoms with E-state index in [9.17, 15) is 9.18 Å². The summed E-state index contributed by atoms with van der Waals surface area (Å²) in [6.07, 6.45) is 6.97. The number of likely N-dealkylation sites (tertiary alicyclic amines) is 1. The highest BCUT2D eigenvalue weighted by atomic mass is 19.1. The van der Waals surface area contributed by atoms with E-state index in [4.69, 9.17) is 5.26 Å². The number of aromatic amines is 1. The van der Waals surface area contributed by atoms with Crippen LogP contribution in [0.25, 0.3) is 16.9 Å². The molecule has 1 unspecified atom stereocenters. The van der Waals surface area contributed by atoms with Crippen molar-refractivity contribution in [3.63, 3.8) is 0 Å². The molecule has 25 heavy (non-hydrogen) atoms. The number of carbonyl (C=O) groups is 1. The molecule has 1 atom stereocenters. The number of alkyl halides is 1. The maximum atomic E-state index is 14.7. The molecular weight excluding hydrogens is 325 g/mol. The minimum Gasteiger partial charge on any atom is -0.307 e. The fourth-order valence-electron chi connectivity index (χ4n) is 2.90. The number of nitriles is 1. The number of aromatic nitrogens is 4. The summed E-state index contributed by atoms with van der Waals surface area (Å²) in [6.45, 7) is 0.00576. The monoisotopic (exact) mass is 339 g/mol. The van der Waals surface area contributed by atoms with E-state index < -0.39 is 11.6 Å². The molecule has 0 spiro atoms. The molecule has 0 aromatic carbocycles. The molecule has 1 amide bonds. The van der Waals surface area contributed by atoms with Crippen LogP contribution in [0.2, 0.25) is 0 Å². The van der Waals surface area contributed by atoms with E-state index in [0.29, 0.717) is 5.65 Å². The molecule has 0 radical (unpaired) electrons. The highest BCUT2D eigenvalue weighted by Crippen LogP contribution is 2.27. The second-order valence-electron chi connectivity index (χ2n) is 5.97. The molecule has 8 nitrogen and oxygen atoms in total. The zero-order valence-corrected chi connectivity index (χ0v) is 13.1. The lowest BCUT2D eigenvalue weighted by Gasteiger charge is -2.16. The first-order valence-corrected chi connectivity index (χ1v) is 7.71. The zero-order chi connectivity index (χ0) is 17.4. The summed E-state index contributed by atoms with van der Waals surface area (Å²) in [4.78, 5) is 17.8. The molecule has 9 heteroatoms. The number of fused-ring (bicyclic) bond motifs is 1. The molecule has 4 heterocycles. The third kappa shape index (κ3) is 2.67. The Morgan fingerprint density at radius 3 is 3.00 bits per heavy atom. The summed E-state index contributed by atoms with van der Waals surface area (Å²) in [5.74, 6) is -0.512. The van der Waals surface area contributed by atoms with E-state index in [1.54, 1.807) is 22.9 Å². The Hall–Kier alpha value is -3.41. The molecule has 126 valence electrons. The molecule has 3 aromatic rings. The van der Waals surface area contributed by atoms with Crippen LogP contribution in [-0.4, -0.2) is 49.1 Å². The van der Waals surface area contributed by atoms with Crippen LogP contribution in [0.4, 0.5) is 10.2 Å². The van der Waals surface area contributed by atoms with Crippen molar-refractivity contribution in [1.82, 2.24) is 24.5 Å². The SMILES string of the molecule is N#CN1CCC(F)(C(=O)Nc2cn3cc(-c4ccn[nH]4)ccc3n2)C1. The maximum absolute atomic E-state index is 14.7. The van der Waals surface area contributed by atoms with Gasteiger partial charge in [-0.2, -0.15) is 10.4 Å². The van der Waals surface area contributed by atoms with Crippen molar-refractivity contribution in [2.75, 3.05) is 18.4 Å². The minimum absolute atomic E-state index is 0.0102. The number of imidazole rings is 1. The van der Waals surface area contributed by atoms with Gasteiger partial charge in [0.2, 0.25) is 5.67 Å². The standard InChI is InChI=1S/C16H14FN7O/c17-16(4-6-23(9-16)10-18)15(25)21-13-8-24-7-11(1-2-14(24)20-13)12-3-5-19-22-12/h1-3,5,7-8H,4,6,9H2,(H,19,22)(H,21,25). The molecule has 1 saturated heterocycles. The number of carbonyl (C=O) groups excluding carboxylic acids is 1. The van der Waals surface area contributed by atoms with Crippen LogP contribution in [0.5, 0.6) is 0 Å². The van der Waals surface area contributed by atoms with E-state index >= 15 is 0 Å². The van der Waals surface area contributed by atoms with Crippen molar-refractivity contribution in [2.24, 2.45) is 0 Å². The topological polar surface area (TPSA) is 102 Å². The fraction of sp³-hybridized carbons (Fsp3) is 0.250. The number of H-pyrrole nitrogens is 1. The van der Waals surface area contributed by atoms with Gasteiger partial charge in [0.25, 0.3) is 5.91 Å². The number of hydrogen-bond donors (Lipinski definition) is 2. The maximum Gasteiger partial charge on any atom is 0.265 e. The lowest BCUT2D eigenvalue weighted by Crippen LogP contribution is -2.40. The van der Waals surface area contributed by atoms with Gasteiger partial charge in [0, 0.05) is 30.9 Å². The Kier molecular flexibility index (Phi) is 3.39. The zero-order valence-electron chi connectivity index (χ0n) is 13.1. The van der Waals surface area contributed by atoms with Crippen LogP contribution in [0, 0.1) is 11.5 Å². The molecular formula is C16H14FN7O. The van der Waals surface area contributed by atoms with Crippen LogP contribution in [0.1, 0.15) is 6.42 Å². The van der Waals surface area contributed by atoms with Crippen molar-refractivity contribution in [3.8, 4) is 17.5 Å². The number of hydrogen-bond acceptors (Lipinski definition) is 5. The van der Waals surface area contributed by atoms with E-state index in [2.05, 4.69) is 20.5 Å². The number of anilines is 1. The summed E-state index contributed by atoms with van der Waals surface area (Å²) in [7, 11) is 0. The van der Waals surface area contributed by atoms with Gasteiger partial charge in [-0.15, -0.1) is 0 Å². The van der Waals surface area contributed by atoms with Crippen molar-refractivity contribution in [2.45, 2.75) is 12.1 Å². The Morgan fingerprint density at radius 2 is 2.28 bits per heavy atom. The third-order valence-electron chi connectivity index (χ3n) is 4.27. The summed E-state index contributed by atoms with van der Waals surface area (Å²) >= 11 is 0. The predicted octanol–water partition coefficient (Wildman–Crippen LogP) is 1.56. The quantitative estimate of drug-likeness (QED) is 0.705. The van der Waals surface area contributed by atoms with Gasteiger partial charge < -0.3 is 14.6 Å². The smallest absolute Gasteiger partial charge is 0.265 e. The third-order valence-corrected chi connectivity index (χ3v) is 4.27. The number of pyridine rings is 1. The molecule has 0 aliphatic carbocycles. The average Bonchev–Trinajstić information content (AvgIpc) is 3.33. The van der Waals surface area contributed by atoms with Gasteiger partial charge in [-0.25, -0.2) is 9.37 Å². The number of nitrogens with one attached hydrogen (secondary N) is 2. The van der Waals surface area contributed by atoms with Crippen molar-refractivity contribution >= 4 is 17.4 Å². The number of amides is 1. The summed E-state index contributed by atoms with van der Waals surface area (Å²) in [5, 5.41) is 18.1. The first-order chi connectivity index (χ1) is 12.1. The van der Waals surface area contributed by atoms with E-state index in [-0.39, 0.29) is 25.3 Å². The lowest BCUT2D eigenvalue weighted by molar-refractivity contribution is -0.126. The first-order valence-electron chi connectivity index (χ1n) is 7.71. The minimum atomic E-state index is -2.08. The van der Waals surface area contributed by atoms with E-state index in [1.165, 1.54) is 4.90 Å². The predicted molar refractivity (Wildman–Crippen MR) is 87.0 cm³/mol. The van der Waals surface area contributed by atoms with Gasteiger partial charge in [-0.3, -0.25) is 9.89 Å². The average molecular weight is 339 g/mol. The van der Waals surface area contributed by atoms with Gasteiger partial charge in [-0.05, 0) is 18.2 Å². The molecule has 0 bridgehead atoms. The normalized spacial score (nSPS) is 19.9. The molecule has 1 aliphatic rings. The summed E-state index contributed by atoms with van der Waals surface area (Å²) in [5.41, 5.74) is 0.303. The second-order valence-corrected chi connectivity index (χ2v) is 5.97. The van der Waals surface area contributed by atoms with Crippen LogP contribution in [0.3, 0.4) is 0 Å². The van der Waals surface area contributed by atoms with Gasteiger partial charge in [0.15, 0.2) is 12.0 Å². The highest BCUT2D eigenvalue weighted by molar-refractivity contribution is 5.97. The Labute approximate surface area is 141 Å². The van der Waals surface area contributed by atoms with Crippen LogP contribution in [0.15, 0.2) is 36.8 Å². The van der Waals surface area contributed by atoms with Crippen molar-refractivity contribution < 1.29 is 9.18 Å². The van der Waals surface area contributed by atoms with Crippen LogP contribution < -0.4 is 5.32 Å². The molecule has 0 saturated carbocycles. The Balaban J connectivity index is 1.56. The van der Waals surface area contributed by atoms with Gasteiger partial charge >= 0.3 is 0 Å². The molecule has 3 aromatic heterocycles. The number of rotatable bonds is 3. The fourth-order valence-corrected chi connectivity index (χ4v) is 2.90. The van der Waals surface area contributed by atoms with Crippen molar-refractivity contribution in [1.29, 1.82) is 5.26 Å². The molecule has 2 N–H and O–H groups in total. The number of nitrogens with zero attached hydrogens (tertiary/aromatic N) is 5. The van der Waals surface area contributed by atoms with Gasteiger partial charge in [0.05, 0.1) is 18.4 Å². The first kappa shape index (κ1) is 15.1. The number of halogens is 1. The van der Waals surface area contributed by atoms with Crippen LogP contribution >= 0.6 is 0 Å². The van der Waals surface area contributed by atoms with Crippen molar-refractivity contribution in [3.05, 3.63) is 36.8 Å². The molecule has 1 fully saturated rings.